The minimum atomic E-state index is -1.01. The van der Waals surface area contributed by atoms with Crippen LogP contribution in [0.2, 0.25) is 5.02 Å². The molecule has 0 aliphatic carbocycles. The number of hydrogen-bond donors (Lipinski definition) is 1. The molecular weight excluding hydrogens is 298 g/mol. The number of nitrogens with one attached hydrogen (secondary N) is 1. The molecule has 0 aromatic heterocycles. The van der Waals surface area contributed by atoms with Gasteiger partial charge < -0.3 is 0 Å². The van der Waals surface area contributed by atoms with E-state index in [1.165, 1.54) is 12.1 Å². The lowest BCUT2D eigenvalue weighted by molar-refractivity contribution is -0.120. The molecule has 0 atom stereocenters. The van der Waals surface area contributed by atoms with Gasteiger partial charge in [-0.15, -0.1) is 0 Å². The van der Waals surface area contributed by atoms with Crippen LogP contribution in [0.4, 0.5) is 8.78 Å². The fraction of sp³-hybridized carbons (Fsp3) is 0.0667. The van der Waals surface area contributed by atoms with Crippen LogP contribution in [0, 0.1) is 11.6 Å². The summed E-state index contributed by atoms with van der Waals surface area (Å²) in [6.07, 6.45) is 1.16. The molecule has 0 unspecified atom stereocenters. The first-order valence-corrected chi connectivity index (χ1v) is 6.44. The number of carbonyl (C=O) groups excluding carboxylic acids is 1. The standard InChI is InChI=1S/C15H11ClF2N2O/c16-12-6-4-10(5-7-12)8-14(21)20-19-9-11-2-1-3-13(17)15(11)18/h1-7,9H,8H2,(H,20,21)/b19-9+. The fourth-order valence-electron chi connectivity index (χ4n) is 1.62. The van der Waals surface area contributed by atoms with E-state index in [0.717, 1.165) is 17.8 Å². The van der Waals surface area contributed by atoms with Crippen molar-refractivity contribution in [3.8, 4) is 0 Å². The molecule has 108 valence electrons. The summed E-state index contributed by atoms with van der Waals surface area (Å²) in [7, 11) is 0. The third-order valence-electron chi connectivity index (χ3n) is 2.65. The number of hydrogen-bond acceptors (Lipinski definition) is 2. The van der Waals surface area contributed by atoms with E-state index in [2.05, 4.69) is 10.5 Å². The highest BCUT2D eigenvalue weighted by atomic mass is 35.5. The molecule has 2 rings (SSSR count). The van der Waals surface area contributed by atoms with E-state index < -0.39 is 11.6 Å². The maximum atomic E-state index is 13.3. The Morgan fingerprint density at radius 2 is 1.90 bits per heavy atom. The van der Waals surface area contributed by atoms with Gasteiger partial charge in [0.2, 0.25) is 5.91 Å². The van der Waals surface area contributed by atoms with Gasteiger partial charge in [0, 0.05) is 10.6 Å². The quantitative estimate of drug-likeness (QED) is 0.683. The zero-order valence-corrected chi connectivity index (χ0v) is 11.6. The van der Waals surface area contributed by atoms with E-state index in [1.54, 1.807) is 24.3 Å². The predicted octanol–water partition coefficient (Wildman–Crippen LogP) is 3.31. The van der Waals surface area contributed by atoms with Crippen LogP contribution in [0.1, 0.15) is 11.1 Å². The molecule has 0 radical (unpaired) electrons. The molecule has 0 bridgehead atoms. The fourth-order valence-corrected chi connectivity index (χ4v) is 1.75. The minimum absolute atomic E-state index is 0.0400. The van der Waals surface area contributed by atoms with E-state index in [1.807, 2.05) is 0 Å². The second-order valence-corrected chi connectivity index (χ2v) is 4.68. The van der Waals surface area contributed by atoms with Crippen LogP contribution in [0.5, 0.6) is 0 Å². The highest BCUT2D eigenvalue weighted by Gasteiger charge is 2.05. The summed E-state index contributed by atoms with van der Waals surface area (Å²) in [5.41, 5.74) is 2.98. The van der Waals surface area contributed by atoms with Gasteiger partial charge in [0.1, 0.15) is 0 Å². The number of nitrogens with zero attached hydrogens (tertiary/aromatic N) is 1. The molecule has 0 aliphatic rings. The summed E-state index contributed by atoms with van der Waals surface area (Å²) >= 11 is 5.74. The van der Waals surface area contributed by atoms with E-state index in [4.69, 9.17) is 11.6 Å². The number of halogens is 3. The van der Waals surface area contributed by atoms with Crippen molar-refractivity contribution in [2.75, 3.05) is 0 Å². The summed E-state index contributed by atoms with van der Waals surface area (Å²) in [5.74, 6) is -2.34. The Morgan fingerprint density at radius 3 is 2.62 bits per heavy atom. The van der Waals surface area contributed by atoms with Gasteiger partial charge in [-0.3, -0.25) is 4.79 Å². The molecule has 21 heavy (non-hydrogen) atoms. The van der Waals surface area contributed by atoms with Gasteiger partial charge in [0.15, 0.2) is 11.6 Å². The average Bonchev–Trinajstić information content (AvgIpc) is 2.46. The Kier molecular flexibility index (Phi) is 5.00. The molecule has 2 aromatic carbocycles. The topological polar surface area (TPSA) is 41.5 Å². The Morgan fingerprint density at radius 1 is 1.19 bits per heavy atom. The number of carbonyl (C=O) groups is 1. The van der Waals surface area contributed by atoms with Crippen LogP contribution in [0.25, 0.3) is 0 Å². The third kappa shape index (κ3) is 4.36. The van der Waals surface area contributed by atoms with Crippen molar-refractivity contribution in [3.63, 3.8) is 0 Å². The molecule has 0 spiro atoms. The smallest absolute Gasteiger partial charge is 0.244 e. The van der Waals surface area contributed by atoms with Crippen LogP contribution in [0.3, 0.4) is 0 Å². The first-order chi connectivity index (χ1) is 10.1. The van der Waals surface area contributed by atoms with E-state index in [9.17, 15) is 13.6 Å². The lowest BCUT2D eigenvalue weighted by atomic mass is 10.1. The lowest BCUT2D eigenvalue weighted by Crippen LogP contribution is -2.19. The van der Waals surface area contributed by atoms with Crippen molar-refractivity contribution in [2.24, 2.45) is 5.10 Å². The number of amides is 1. The number of benzene rings is 2. The highest BCUT2D eigenvalue weighted by molar-refractivity contribution is 6.30. The van der Waals surface area contributed by atoms with Gasteiger partial charge in [-0.2, -0.15) is 5.10 Å². The average molecular weight is 309 g/mol. The summed E-state index contributed by atoms with van der Waals surface area (Å²) in [6.45, 7) is 0. The Hall–Kier alpha value is -2.27. The van der Waals surface area contributed by atoms with Gasteiger partial charge in [0.05, 0.1) is 12.6 Å². The van der Waals surface area contributed by atoms with Crippen molar-refractivity contribution in [3.05, 3.63) is 70.2 Å². The van der Waals surface area contributed by atoms with Crippen molar-refractivity contribution in [1.82, 2.24) is 5.43 Å². The molecule has 6 heteroatoms. The first-order valence-electron chi connectivity index (χ1n) is 6.06. The second kappa shape index (κ2) is 6.95. The van der Waals surface area contributed by atoms with Gasteiger partial charge in [-0.05, 0) is 23.8 Å². The Balaban J connectivity index is 1.93. The highest BCUT2D eigenvalue weighted by Crippen LogP contribution is 2.10. The van der Waals surface area contributed by atoms with Crippen LogP contribution >= 0.6 is 11.6 Å². The van der Waals surface area contributed by atoms with Crippen molar-refractivity contribution in [2.45, 2.75) is 6.42 Å². The van der Waals surface area contributed by atoms with Gasteiger partial charge in [-0.25, -0.2) is 14.2 Å². The Bertz CT molecular complexity index is 672. The van der Waals surface area contributed by atoms with E-state index in [-0.39, 0.29) is 17.9 Å². The van der Waals surface area contributed by atoms with Gasteiger partial charge in [-0.1, -0.05) is 35.9 Å². The molecule has 0 saturated heterocycles. The van der Waals surface area contributed by atoms with Crippen LogP contribution in [-0.4, -0.2) is 12.1 Å². The largest absolute Gasteiger partial charge is 0.273 e. The molecule has 2 aromatic rings. The van der Waals surface area contributed by atoms with Crippen LogP contribution in [0.15, 0.2) is 47.6 Å². The molecule has 0 aliphatic heterocycles. The SMILES string of the molecule is O=C(Cc1ccc(Cl)cc1)N/N=C/c1cccc(F)c1F. The summed E-state index contributed by atoms with van der Waals surface area (Å²) in [4.78, 5) is 11.6. The second-order valence-electron chi connectivity index (χ2n) is 4.24. The normalized spacial score (nSPS) is 10.8. The van der Waals surface area contributed by atoms with Crippen LogP contribution < -0.4 is 5.43 Å². The molecule has 3 nitrogen and oxygen atoms in total. The van der Waals surface area contributed by atoms with Crippen molar-refractivity contribution in [1.29, 1.82) is 0 Å². The first kappa shape index (κ1) is 15.1. The van der Waals surface area contributed by atoms with Gasteiger partial charge in [0.25, 0.3) is 0 Å². The van der Waals surface area contributed by atoms with Gasteiger partial charge >= 0.3 is 0 Å². The minimum Gasteiger partial charge on any atom is -0.273 e. The molecular formula is C15H11ClF2N2O. The zero-order chi connectivity index (χ0) is 15.2. The maximum absolute atomic E-state index is 13.3. The molecule has 0 heterocycles. The van der Waals surface area contributed by atoms with Crippen LogP contribution in [-0.2, 0) is 11.2 Å². The predicted molar refractivity (Wildman–Crippen MR) is 77.3 cm³/mol. The third-order valence-corrected chi connectivity index (χ3v) is 2.90. The Labute approximate surface area is 125 Å². The lowest BCUT2D eigenvalue weighted by Gasteiger charge is -2.01. The molecule has 0 fully saturated rings. The zero-order valence-electron chi connectivity index (χ0n) is 10.8. The number of rotatable bonds is 4. The van der Waals surface area contributed by atoms with Crippen molar-refractivity contribution < 1.29 is 13.6 Å². The van der Waals surface area contributed by atoms with E-state index >= 15 is 0 Å². The molecule has 0 saturated carbocycles. The summed E-state index contributed by atoms with van der Waals surface area (Å²) < 4.78 is 26.3. The summed E-state index contributed by atoms with van der Waals surface area (Å²) in [5, 5.41) is 4.18. The maximum Gasteiger partial charge on any atom is 0.244 e. The summed E-state index contributed by atoms with van der Waals surface area (Å²) in [6, 6.07) is 10.5. The van der Waals surface area contributed by atoms with E-state index in [0.29, 0.717) is 5.02 Å². The number of hydrazone groups is 1. The monoisotopic (exact) mass is 308 g/mol. The molecule has 1 N–H and O–H groups in total. The van der Waals surface area contributed by atoms with Crippen molar-refractivity contribution >= 4 is 23.7 Å². The molecule has 1 amide bonds.